The van der Waals surface area contributed by atoms with E-state index < -0.39 is 10.0 Å². The Morgan fingerprint density at radius 2 is 2.05 bits per heavy atom. The minimum atomic E-state index is -3.37. The Morgan fingerprint density at radius 3 is 2.58 bits per heavy atom. The zero-order valence-corrected chi connectivity index (χ0v) is 13.2. The van der Waals surface area contributed by atoms with Crippen molar-refractivity contribution < 1.29 is 8.42 Å². The molecule has 1 aromatic heterocycles. The molecule has 3 N–H and O–H groups in total. The first-order chi connectivity index (χ1) is 9.03. The normalized spacial score (nSPS) is 12.2. The Morgan fingerprint density at radius 1 is 1.37 bits per heavy atom. The topological polar surface area (TPSA) is 75.4 Å². The van der Waals surface area contributed by atoms with Crippen LogP contribution in [0.5, 0.6) is 0 Å². The molecule has 1 heterocycles. The van der Waals surface area contributed by atoms with E-state index in [2.05, 4.69) is 23.5 Å². The van der Waals surface area contributed by atoms with E-state index in [-0.39, 0.29) is 0 Å². The van der Waals surface area contributed by atoms with Crippen molar-refractivity contribution in [2.24, 2.45) is 5.73 Å². The number of nitrogens with two attached hydrogens (primary N) is 1. The molecule has 0 unspecified atom stereocenters. The number of nitrogens with one attached hydrogen (secondary N) is 1. The molecular formula is C12H23N3O2S2. The van der Waals surface area contributed by atoms with Crippen LogP contribution in [0.3, 0.4) is 0 Å². The van der Waals surface area contributed by atoms with Gasteiger partial charge in [-0.15, -0.1) is 11.3 Å². The standard InChI is InChI=1S/C12H23N3O2S2/c1-3-15(4-2)7-5-6-14-19(16,17)12-8-11(9-13)10-18-12/h8,10,14H,3-7,9,13H2,1-2H3. The van der Waals surface area contributed by atoms with Crippen molar-refractivity contribution in [1.82, 2.24) is 9.62 Å². The molecule has 0 bridgehead atoms. The van der Waals surface area contributed by atoms with Crippen LogP contribution in [0.1, 0.15) is 25.8 Å². The van der Waals surface area contributed by atoms with Crippen LogP contribution in [-0.2, 0) is 16.6 Å². The van der Waals surface area contributed by atoms with Crippen molar-refractivity contribution in [3.8, 4) is 0 Å². The second kappa shape index (κ2) is 7.96. The van der Waals surface area contributed by atoms with Gasteiger partial charge in [-0.3, -0.25) is 0 Å². The molecule has 0 spiro atoms. The van der Waals surface area contributed by atoms with Gasteiger partial charge in [-0.05, 0) is 43.1 Å². The molecule has 0 fully saturated rings. The summed E-state index contributed by atoms with van der Waals surface area (Å²) in [5, 5.41) is 1.78. The fourth-order valence-corrected chi connectivity index (χ4v) is 4.06. The van der Waals surface area contributed by atoms with Gasteiger partial charge in [-0.25, -0.2) is 13.1 Å². The van der Waals surface area contributed by atoms with Gasteiger partial charge in [0.2, 0.25) is 10.0 Å². The summed E-state index contributed by atoms with van der Waals surface area (Å²) < 4.78 is 27.0. The van der Waals surface area contributed by atoms with Gasteiger partial charge in [-0.1, -0.05) is 13.8 Å². The zero-order chi connectivity index (χ0) is 14.3. The maximum Gasteiger partial charge on any atom is 0.250 e. The smallest absolute Gasteiger partial charge is 0.250 e. The average Bonchev–Trinajstić information content (AvgIpc) is 2.88. The van der Waals surface area contributed by atoms with E-state index in [1.165, 1.54) is 11.3 Å². The summed E-state index contributed by atoms with van der Waals surface area (Å²) in [6.45, 7) is 7.94. The SMILES string of the molecule is CCN(CC)CCCNS(=O)(=O)c1cc(CN)cs1. The molecule has 0 atom stereocenters. The second-order valence-electron chi connectivity index (χ2n) is 4.26. The molecule has 1 aromatic rings. The van der Waals surface area contributed by atoms with Gasteiger partial charge in [0.25, 0.3) is 0 Å². The Bertz CT molecular complexity index is 467. The summed E-state index contributed by atoms with van der Waals surface area (Å²) in [5.41, 5.74) is 6.33. The molecule has 110 valence electrons. The Hall–Kier alpha value is -0.470. The van der Waals surface area contributed by atoms with E-state index in [0.717, 1.165) is 31.6 Å². The highest BCUT2D eigenvalue weighted by Gasteiger charge is 2.15. The van der Waals surface area contributed by atoms with Gasteiger partial charge in [0.15, 0.2) is 0 Å². The monoisotopic (exact) mass is 305 g/mol. The highest BCUT2D eigenvalue weighted by atomic mass is 32.2. The fraction of sp³-hybridized carbons (Fsp3) is 0.667. The number of thiophene rings is 1. The molecule has 0 radical (unpaired) electrons. The molecule has 0 aromatic carbocycles. The molecular weight excluding hydrogens is 282 g/mol. The van der Waals surface area contributed by atoms with E-state index in [0.29, 0.717) is 17.3 Å². The van der Waals surface area contributed by atoms with Crippen LogP contribution >= 0.6 is 11.3 Å². The van der Waals surface area contributed by atoms with Crippen molar-refractivity contribution >= 4 is 21.4 Å². The quantitative estimate of drug-likeness (QED) is 0.673. The van der Waals surface area contributed by atoms with Gasteiger partial charge in [-0.2, -0.15) is 0 Å². The molecule has 0 saturated heterocycles. The van der Waals surface area contributed by atoms with Crippen LogP contribution in [0, 0.1) is 0 Å². The number of sulfonamides is 1. The minimum Gasteiger partial charge on any atom is -0.326 e. The van der Waals surface area contributed by atoms with Crippen molar-refractivity contribution in [3.05, 3.63) is 17.0 Å². The van der Waals surface area contributed by atoms with Gasteiger partial charge in [0.05, 0.1) is 0 Å². The second-order valence-corrected chi connectivity index (χ2v) is 7.16. The molecule has 1 rings (SSSR count). The number of hydrogen-bond acceptors (Lipinski definition) is 5. The van der Waals surface area contributed by atoms with Crippen LogP contribution in [0.25, 0.3) is 0 Å². The fourth-order valence-electron chi connectivity index (χ4n) is 1.72. The molecule has 5 nitrogen and oxygen atoms in total. The van der Waals surface area contributed by atoms with Crippen LogP contribution < -0.4 is 10.5 Å². The molecule has 0 saturated carbocycles. The van der Waals surface area contributed by atoms with Crippen molar-refractivity contribution in [3.63, 3.8) is 0 Å². The Kier molecular flexibility index (Phi) is 6.95. The van der Waals surface area contributed by atoms with Crippen LogP contribution in [0.4, 0.5) is 0 Å². The van der Waals surface area contributed by atoms with E-state index in [4.69, 9.17) is 5.73 Å². The van der Waals surface area contributed by atoms with Gasteiger partial charge < -0.3 is 10.6 Å². The maximum atomic E-state index is 12.0. The maximum absolute atomic E-state index is 12.0. The minimum absolute atomic E-state index is 0.343. The summed E-state index contributed by atoms with van der Waals surface area (Å²) in [6.07, 6.45) is 0.816. The predicted octanol–water partition coefficient (Wildman–Crippen LogP) is 1.22. The summed E-state index contributed by atoms with van der Waals surface area (Å²) in [6, 6.07) is 1.64. The number of hydrogen-bond donors (Lipinski definition) is 2. The highest BCUT2D eigenvalue weighted by Crippen LogP contribution is 2.19. The summed E-state index contributed by atoms with van der Waals surface area (Å²) in [4.78, 5) is 2.27. The third-order valence-corrected chi connectivity index (χ3v) is 5.92. The van der Waals surface area contributed by atoms with Crippen molar-refractivity contribution in [2.45, 2.75) is 31.0 Å². The predicted molar refractivity (Wildman–Crippen MR) is 79.8 cm³/mol. The lowest BCUT2D eigenvalue weighted by molar-refractivity contribution is 0.300. The molecule has 0 aliphatic carbocycles. The van der Waals surface area contributed by atoms with Gasteiger partial charge in [0, 0.05) is 13.1 Å². The number of nitrogens with zero attached hydrogens (tertiary/aromatic N) is 1. The van der Waals surface area contributed by atoms with E-state index in [1.54, 1.807) is 11.4 Å². The first-order valence-corrected chi connectivity index (χ1v) is 8.89. The lowest BCUT2D eigenvalue weighted by atomic mass is 10.4. The first kappa shape index (κ1) is 16.6. The number of rotatable bonds is 9. The summed E-state index contributed by atoms with van der Waals surface area (Å²) >= 11 is 1.21. The lowest BCUT2D eigenvalue weighted by Gasteiger charge is -2.17. The van der Waals surface area contributed by atoms with E-state index in [1.807, 2.05) is 0 Å². The average molecular weight is 305 g/mol. The highest BCUT2D eigenvalue weighted by molar-refractivity contribution is 7.91. The van der Waals surface area contributed by atoms with Gasteiger partial charge >= 0.3 is 0 Å². The lowest BCUT2D eigenvalue weighted by Crippen LogP contribution is -2.29. The summed E-state index contributed by atoms with van der Waals surface area (Å²) in [5.74, 6) is 0. The van der Waals surface area contributed by atoms with Crippen LogP contribution in [-0.4, -0.2) is 39.5 Å². The Balaban J connectivity index is 2.43. The first-order valence-electron chi connectivity index (χ1n) is 6.53. The van der Waals surface area contributed by atoms with Crippen LogP contribution in [0.2, 0.25) is 0 Å². The molecule has 7 heteroatoms. The van der Waals surface area contributed by atoms with E-state index in [9.17, 15) is 8.42 Å². The van der Waals surface area contributed by atoms with E-state index >= 15 is 0 Å². The third-order valence-electron chi connectivity index (χ3n) is 2.97. The summed E-state index contributed by atoms with van der Waals surface area (Å²) in [7, 11) is -3.37. The van der Waals surface area contributed by atoms with Crippen molar-refractivity contribution in [1.29, 1.82) is 0 Å². The van der Waals surface area contributed by atoms with Gasteiger partial charge in [0.1, 0.15) is 4.21 Å². The third kappa shape index (κ3) is 5.19. The molecule has 19 heavy (non-hydrogen) atoms. The Labute approximate surface area is 119 Å². The molecule has 0 aliphatic heterocycles. The van der Waals surface area contributed by atoms with Crippen LogP contribution in [0.15, 0.2) is 15.7 Å². The molecule has 0 amide bonds. The zero-order valence-electron chi connectivity index (χ0n) is 11.6. The largest absolute Gasteiger partial charge is 0.326 e. The van der Waals surface area contributed by atoms with Crippen molar-refractivity contribution in [2.75, 3.05) is 26.2 Å². The molecule has 0 aliphatic rings.